The number of rotatable bonds is 4. The monoisotopic (exact) mass is 498 g/mol. The summed E-state index contributed by atoms with van der Waals surface area (Å²) in [7, 11) is -10.7. The van der Waals surface area contributed by atoms with Gasteiger partial charge in [-0.05, 0) is 41.5 Å². The average molecular weight is 498 g/mol. The van der Waals surface area contributed by atoms with Gasteiger partial charge in [-0.2, -0.15) is 0 Å². The number of ether oxygens (including phenoxy) is 1. The Balaban J connectivity index is 0.000000398. The average Bonchev–Trinajstić information content (AvgIpc) is 2.68. The van der Waals surface area contributed by atoms with Crippen LogP contribution in [0.5, 0.6) is 5.75 Å². The van der Waals surface area contributed by atoms with E-state index >= 15 is 0 Å². The van der Waals surface area contributed by atoms with Gasteiger partial charge in [0.2, 0.25) is 0 Å². The predicted molar refractivity (Wildman–Crippen MR) is 114 cm³/mol. The molecule has 1 N–H and O–H groups in total. The summed E-state index contributed by atoms with van der Waals surface area (Å²) in [5.74, 6) is 0.782. The maximum atomic E-state index is 9.87. The Morgan fingerprint density at radius 2 is 1.29 bits per heavy atom. The first-order valence-corrected chi connectivity index (χ1v) is 12.4. The molecule has 3 aromatic carbocycles. The molecular weight excluding hydrogens is 481 g/mol. The normalized spacial score (nSPS) is 14.8. The van der Waals surface area contributed by atoms with Crippen molar-refractivity contribution in [1.29, 1.82) is 0 Å². The smallest absolute Gasteiger partial charge is 0.491 e. The number of fused-ring (bicyclic) bond motifs is 2. The largest absolute Gasteiger partial charge is 1.00 e. The van der Waals surface area contributed by atoms with Crippen LogP contribution in [0.15, 0.2) is 86.3 Å². The fourth-order valence-electron chi connectivity index (χ4n) is 2.67. The van der Waals surface area contributed by atoms with Crippen molar-refractivity contribution in [2.45, 2.75) is 19.6 Å². The molecule has 2 nitrogen and oxygen atoms in total. The zero-order chi connectivity index (χ0) is 22.8. The zero-order valence-corrected chi connectivity index (χ0v) is 18.2. The molecule has 0 amide bonds. The van der Waals surface area contributed by atoms with Crippen LogP contribution in [-0.4, -0.2) is 18.3 Å². The van der Waals surface area contributed by atoms with Crippen molar-refractivity contribution >= 4 is 31.3 Å². The van der Waals surface area contributed by atoms with Gasteiger partial charge in [0.15, 0.2) is 0 Å². The molecule has 0 unspecified atom stereocenters. The topological polar surface area (TPSA) is 29.5 Å². The molecule has 0 radical (unpaired) electrons. The van der Waals surface area contributed by atoms with E-state index in [0.29, 0.717) is 6.61 Å². The number of halogens is 6. The summed E-state index contributed by atoms with van der Waals surface area (Å²) in [6, 6.07) is 23.1. The fraction of sp³-hybridized carbons (Fsp3) is 0.100. The molecule has 1 heterocycles. The molecule has 1 aliphatic rings. The number of benzene rings is 3. The summed E-state index contributed by atoms with van der Waals surface area (Å²) < 4.78 is 64.6. The van der Waals surface area contributed by atoms with Crippen LogP contribution >= 0.6 is 31.3 Å². The van der Waals surface area contributed by atoms with E-state index in [1.807, 2.05) is 35.7 Å². The van der Waals surface area contributed by atoms with Crippen LogP contribution in [-0.2, 0) is 0 Å². The van der Waals surface area contributed by atoms with Gasteiger partial charge in [-0.3, -0.25) is 0 Å². The third-order valence-electron chi connectivity index (χ3n) is 3.79. The molecule has 11 heteroatoms. The number of aliphatic hydroxyl groups excluding tert-OH is 1. The van der Waals surface area contributed by atoms with Gasteiger partial charge < -0.3 is 9.84 Å². The minimum Gasteiger partial charge on any atom is -0.491 e. The Morgan fingerprint density at radius 3 is 1.87 bits per heavy atom. The number of hydrogen-bond donors (Lipinski definition) is 1. The molecule has 31 heavy (non-hydrogen) atoms. The quantitative estimate of drug-likeness (QED) is 0.225. The van der Waals surface area contributed by atoms with E-state index in [2.05, 4.69) is 54.6 Å². The molecule has 0 spiro atoms. The van der Waals surface area contributed by atoms with Crippen LogP contribution in [0.1, 0.15) is 1.43 Å². The maximum absolute atomic E-state index is 10.7. The van der Waals surface area contributed by atoms with Crippen LogP contribution in [0.4, 0.5) is 25.2 Å². The number of hydrogen-bond acceptors (Lipinski definition) is 4. The summed E-state index contributed by atoms with van der Waals surface area (Å²) in [6.45, 7) is 0.352. The van der Waals surface area contributed by atoms with Gasteiger partial charge in [0.1, 0.15) is 12.4 Å². The van der Waals surface area contributed by atoms with E-state index < -0.39 is 7.81 Å². The van der Waals surface area contributed by atoms with Crippen molar-refractivity contribution < 1.29 is 36.5 Å². The van der Waals surface area contributed by atoms with E-state index in [0.717, 1.165) is 5.75 Å². The number of aliphatic hydroxyl groups is 1. The third-order valence-corrected chi connectivity index (χ3v) is 6.40. The van der Waals surface area contributed by atoms with Crippen molar-refractivity contribution in [3.05, 3.63) is 66.7 Å². The first-order chi connectivity index (χ1) is 14.3. The SMILES string of the molecule is F[P-](F)(F)(F)(F)F.OCCOc1ccc(-c2cccc3c2Sc2ccccc2S3)cc1.[H+]. The Morgan fingerprint density at radius 1 is 0.742 bits per heavy atom. The zero-order valence-electron chi connectivity index (χ0n) is 16.7. The van der Waals surface area contributed by atoms with Crippen LogP contribution < -0.4 is 4.74 Å². The Kier molecular flexibility index (Phi) is 6.32. The van der Waals surface area contributed by atoms with Gasteiger partial charge in [0.25, 0.3) is 0 Å². The van der Waals surface area contributed by atoms with Gasteiger partial charge in [0.05, 0.1) is 6.61 Å². The minimum atomic E-state index is -10.7. The van der Waals surface area contributed by atoms with Gasteiger partial charge >= 0.3 is 34.4 Å². The molecule has 1 aliphatic heterocycles. The van der Waals surface area contributed by atoms with Crippen molar-refractivity contribution in [3.8, 4) is 16.9 Å². The Bertz CT molecular complexity index is 1070. The molecule has 0 aromatic heterocycles. The van der Waals surface area contributed by atoms with Crippen LogP contribution in [0.3, 0.4) is 0 Å². The van der Waals surface area contributed by atoms with E-state index in [1.54, 1.807) is 0 Å². The van der Waals surface area contributed by atoms with E-state index in [1.165, 1.54) is 30.7 Å². The van der Waals surface area contributed by atoms with Gasteiger partial charge in [-0.1, -0.05) is 59.9 Å². The molecule has 168 valence electrons. The molecule has 0 saturated heterocycles. The third kappa shape index (κ3) is 7.96. The second-order valence-corrected chi connectivity index (χ2v) is 10.4. The summed E-state index contributed by atoms with van der Waals surface area (Å²) in [4.78, 5) is 5.24. The van der Waals surface area contributed by atoms with E-state index in [4.69, 9.17) is 9.84 Å². The van der Waals surface area contributed by atoms with Crippen molar-refractivity contribution in [3.63, 3.8) is 0 Å². The summed E-state index contributed by atoms with van der Waals surface area (Å²) in [5.41, 5.74) is 2.42. The van der Waals surface area contributed by atoms with Crippen molar-refractivity contribution in [2.24, 2.45) is 0 Å². The second kappa shape index (κ2) is 8.24. The second-order valence-electron chi connectivity index (χ2n) is 6.34. The predicted octanol–water partition coefficient (Wildman–Crippen LogP) is 8.84. The molecule has 0 fully saturated rings. The van der Waals surface area contributed by atoms with Crippen LogP contribution in [0.2, 0.25) is 0 Å². The molecule has 0 bridgehead atoms. The first-order valence-electron chi connectivity index (χ1n) is 8.78. The van der Waals surface area contributed by atoms with Crippen molar-refractivity contribution in [1.82, 2.24) is 0 Å². The minimum absolute atomic E-state index is 0. The summed E-state index contributed by atoms with van der Waals surface area (Å²) in [6.07, 6.45) is 0. The standard InChI is InChI=1S/C20H16O2S2.F6P/c21-12-13-22-15-10-8-14(9-11-15)16-4-3-7-19-20(16)24-18-6-2-1-5-17(18)23-19;1-7(2,3,4,5)6/h1-11,21H,12-13H2;/q;-1/p+1. The summed E-state index contributed by atoms with van der Waals surface area (Å²) >= 11 is 3.67. The van der Waals surface area contributed by atoms with E-state index in [-0.39, 0.29) is 8.03 Å². The maximum Gasteiger partial charge on any atom is 1.00 e. The Hall–Kier alpha value is -1.87. The van der Waals surface area contributed by atoms with Crippen LogP contribution in [0, 0.1) is 0 Å². The summed E-state index contributed by atoms with van der Waals surface area (Å²) in [5, 5.41) is 8.84. The van der Waals surface area contributed by atoms with Gasteiger partial charge in [-0.25, -0.2) is 0 Å². The van der Waals surface area contributed by atoms with Gasteiger partial charge in [0, 0.05) is 19.6 Å². The van der Waals surface area contributed by atoms with Gasteiger partial charge in [-0.15, -0.1) is 0 Å². The molecule has 3 aromatic rings. The Labute approximate surface area is 184 Å². The molecule has 0 atom stereocenters. The molecule has 0 aliphatic carbocycles. The van der Waals surface area contributed by atoms with E-state index in [9.17, 15) is 25.2 Å². The molecule has 4 rings (SSSR count). The van der Waals surface area contributed by atoms with Crippen LogP contribution in [0.25, 0.3) is 11.1 Å². The fourth-order valence-corrected chi connectivity index (χ4v) is 5.07. The molecule has 0 saturated carbocycles. The molecular formula is C20H17F6O2PS2. The van der Waals surface area contributed by atoms with Crippen molar-refractivity contribution in [2.75, 3.05) is 13.2 Å². The first kappa shape index (κ1) is 23.8.